The fourth-order valence-electron chi connectivity index (χ4n) is 0.519. The molecule has 1 radical (unpaired) electrons. The average Bonchev–Trinajstić information content (AvgIpc) is 1.87. The molecule has 0 aromatic heterocycles. The molecule has 0 saturated carbocycles. The lowest BCUT2D eigenvalue weighted by molar-refractivity contribution is -0.139. The van der Waals surface area contributed by atoms with Gasteiger partial charge in [-0.3, -0.25) is 9.59 Å². The van der Waals surface area contributed by atoms with Crippen molar-refractivity contribution in [3.05, 3.63) is 0 Å². The first-order chi connectivity index (χ1) is 5.07. The number of hydrogen-bond acceptors (Lipinski definition) is 3. The number of carboxylic acids is 1. The zero-order valence-corrected chi connectivity index (χ0v) is 6.56. The second kappa shape index (κ2) is 4.97. The van der Waals surface area contributed by atoms with E-state index in [1.165, 1.54) is 0 Å². The first-order valence-corrected chi connectivity index (χ1v) is 3.37. The maximum Gasteiger partial charge on any atom is 0.321 e. The Morgan fingerprint density at radius 1 is 1.64 bits per heavy atom. The Balaban J connectivity index is 3.70. The number of carbonyl (C=O) groups excluding carboxylic acids is 1. The van der Waals surface area contributed by atoms with Crippen molar-refractivity contribution < 1.29 is 14.7 Å². The van der Waals surface area contributed by atoms with Crippen LogP contribution >= 0.6 is 12.8 Å². The van der Waals surface area contributed by atoms with Crippen LogP contribution in [0.3, 0.4) is 0 Å². The summed E-state index contributed by atoms with van der Waals surface area (Å²) >= 11 is 4.32. The quantitative estimate of drug-likeness (QED) is 0.523. The van der Waals surface area contributed by atoms with Gasteiger partial charge in [-0.15, -0.1) is 0 Å². The largest absolute Gasteiger partial charge is 0.480 e. The van der Waals surface area contributed by atoms with Crippen molar-refractivity contribution in [1.82, 2.24) is 4.72 Å². The summed E-state index contributed by atoms with van der Waals surface area (Å²) in [6, 6.07) is -0.863. The molecule has 1 amide bonds. The van der Waals surface area contributed by atoms with Crippen LogP contribution in [0.2, 0.25) is 0 Å². The number of carbonyl (C=O) groups is 2. The van der Waals surface area contributed by atoms with Crippen LogP contribution < -0.4 is 10.5 Å². The van der Waals surface area contributed by atoms with Crippen LogP contribution in [-0.2, 0) is 9.59 Å². The topological polar surface area (TPSA) is 92.4 Å². The van der Waals surface area contributed by atoms with Crippen LogP contribution in [0.4, 0.5) is 0 Å². The predicted octanol–water partition coefficient (Wildman–Crippen LogP) is -0.593. The third-order valence-corrected chi connectivity index (χ3v) is 1.40. The number of primary amides is 1. The summed E-state index contributed by atoms with van der Waals surface area (Å²) in [7, 11) is 0. The molecular formula is C5H9N2O3S. The van der Waals surface area contributed by atoms with Crippen molar-refractivity contribution in [3.8, 4) is 0 Å². The monoisotopic (exact) mass is 177 g/mol. The molecule has 0 spiro atoms. The van der Waals surface area contributed by atoms with Crippen LogP contribution in [0.25, 0.3) is 0 Å². The van der Waals surface area contributed by atoms with E-state index in [1.807, 2.05) is 0 Å². The van der Waals surface area contributed by atoms with Crippen molar-refractivity contribution >= 4 is 24.7 Å². The van der Waals surface area contributed by atoms with Gasteiger partial charge in [0, 0.05) is 19.2 Å². The molecule has 0 aliphatic carbocycles. The van der Waals surface area contributed by atoms with Gasteiger partial charge in [0.1, 0.15) is 6.04 Å². The van der Waals surface area contributed by atoms with E-state index in [9.17, 15) is 9.59 Å². The Bertz CT molecular complexity index is 162. The van der Waals surface area contributed by atoms with Crippen LogP contribution in [-0.4, -0.2) is 23.0 Å². The second-order valence-electron chi connectivity index (χ2n) is 2.01. The number of aliphatic carboxylic acids is 1. The standard InChI is InChI=1S/C5H9N2O3S/c6-4(8)2-1-3(7-11)5(9)10/h3,7H,1-2H2,(H2,6,8)(H,9,10)/t3-/m0/s1. The van der Waals surface area contributed by atoms with Gasteiger partial charge in [0.05, 0.1) is 0 Å². The number of amides is 1. The minimum atomic E-state index is -1.07. The molecule has 0 bridgehead atoms. The van der Waals surface area contributed by atoms with Gasteiger partial charge >= 0.3 is 5.97 Å². The smallest absolute Gasteiger partial charge is 0.321 e. The minimum Gasteiger partial charge on any atom is -0.480 e. The predicted molar refractivity (Wildman–Crippen MR) is 40.6 cm³/mol. The van der Waals surface area contributed by atoms with E-state index in [4.69, 9.17) is 10.8 Å². The van der Waals surface area contributed by atoms with Gasteiger partial charge in [-0.1, -0.05) is 0 Å². The van der Waals surface area contributed by atoms with E-state index in [0.29, 0.717) is 0 Å². The fraction of sp³-hybridized carbons (Fsp3) is 0.600. The molecule has 4 N–H and O–H groups in total. The molecule has 0 aliphatic rings. The molecule has 0 saturated heterocycles. The Hall–Kier alpha value is -0.750. The zero-order valence-electron chi connectivity index (χ0n) is 5.74. The highest BCUT2D eigenvalue weighted by molar-refractivity contribution is 7.78. The third-order valence-electron chi connectivity index (χ3n) is 1.12. The lowest BCUT2D eigenvalue weighted by Gasteiger charge is -2.06. The summed E-state index contributed by atoms with van der Waals surface area (Å²) < 4.78 is 2.13. The number of nitrogens with two attached hydrogens (primary N) is 1. The maximum atomic E-state index is 10.3. The molecule has 0 aromatic rings. The SMILES string of the molecule is NC(=O)CC[C@H](N[S])C(=O)O. The van der Waals surface area contributed by atoms with E-state index >= 15 is 0 Å². The van der Waals surface area contributed by atoms with E-state index in [0.717, 1.165) is 0 Å². The molecular weight excluding hydrogens is 168 g/mol. The summed E-state index contributed by atoms with van der Waals surface area (Å²) in [6.07, 6.45) is 0.161. The number of rotatable bonds is 5. The first-order valence-electron chi connectivity index (χ1n) is 2.96. The summed E-state index contributed by atoms with van der Waals surface area (Å²) in [5, 5.41) is 8.40. The summed E-state index contributed by atoms with van der Waals surface area (Å²) in [6.45, 7) is 0. The van der Waals surface area contributed by atoms with Crippen molar-refractivity contribution in [2.24, 2.45) is 5.73 Å². The van der Waals surface area contributed by atoms with Gasteiger partial charge in [-0.2, -0.15) is 0 Å². The number of nitrogens with one attached hydrogen (secondary N) is 1. The second-order valence-corrected chi connectivity index (χ2v) is 2.25. The van der Waals surface area contributed by atoms with E-state index in [2.05, 4.69) is 17.5 Å². The molecule has 1 atom stereocenters. The highest BCUT2D eigenvalue weighted by atomic mass is 32.1. The minimum absolute atomic E-state index is 0.0284. The van der Waals surface area contributed by atoms with Gasteiger partial charge in [-0.05, 0) is 6.42 Å². The Kier molecular flexibility index (Phi) is 4.64. The highest BCUT2D eigenvalue weighted by Gasteiger charge is 2.15. The Morgan fingerprint density at radius 3 is 2.45 bits per heavy atom. The Morgan fingerprint density at radius 2 is 2.18 bits per heavy atom. The molecule has 11 heavy (non-hydrogen) atoms. The molecule has 0 aliphatic heterocycles. The van der Waals surface area contributed by atoms with E-state index in [1.54, 1.807) is 0 Å². The molecule has 0 aromatic carbocycles. The van der Waals surface area contributed by atoms with Crippen molar-refractivity contribution in [2.75, 3.05) is 0 Å². The van der Waals surface area contributed by atoms with Gasteiger partial charge < -0.3 is 10.8 Å². The lowest BCUT2D eigenvalue weighted by atomic mass is 10.2. The highest BCUT2D eigenvalue weighted by Crippen LogP contribution is 1.97. The normalized spacial score (nSPS) is 12.5. The van der Waals surface area contributed by atoms with Crippen LogP contribution in [0, 0.1) is 0 Å². The molecule has 0 rings (SSSR count). The fourth-order valence-corrected chi connectivity index (χ4v) is 0.738. The van der Waals surface area contributed by atoms with Gasteiger partial charge in [0.25, 0.3) is 0 Å². The average molecular weight is 177 g/mol. The van der Waals surface area contributed by atoms with Crippen molar-refractivity contribution in [3.63, 3.8) is 0 Å². The molecule has 63 valence electrons. The summed E-state index contributed by atoms with van der Waals surface area (Å²) in [4.78, 5) is 20.5. The van der Waals surface area contributed by atoms with E-state index in [-0.39, 0.29) is 12.8 Å². The third kappa shape index (κ3) is 4.63. The van der Waals surface area contributed by atoms with Crippen molar-refractivity contribution in [2.45, 2.75) is 18.9 Å². The molecule has 0 unspecified atom stereocenters. The zero-order chi connectivity index (χ0) is 8.85. The molecule has 0 heterocycles. The maximum absolute atomic E-state index is 10.3. The van der Waals surface area contributed by atoms with Gasteiger partial charge in [-0.25, -0.2) is 4.72 Å². The summed E-state index contributed by atoms with van der Waals surface area (Å²) in [5.41, 5.74) is 4.80. The number of carboxylic acid groups (broad SMARTS) is 1. The molecule has 0 fully saturated rings. The van der Waals surface area contributed by atoms with Crippen molar-refractivity contribution in [1.29, 1.82) is 0 Å². The molecule has 5 nitrogen and oxygen atoms in total. The van der Waals surface area contributed by atoms with Gasteiger partial charge in [0.15, 0.2) is 0 Å². The lowest BCUT2D eigenvalue weighted by Crippen LogP contribution is -2.31. The van der Waals surface area contributed by atoms with Crippen LogP contribution in [0.1, 0.15) is 12.8 Å². The molecule has 6 heteroatoms. The Labute approximate surface area is 69.5 Å². The van der Waals surface area contributed by atoms with Crippen LogP contribution in [0.5, 0.6) is 0 Å². The van der Waals surface area contributed by atoms with Crippen LogP contribution in [0.15, 0.2) is 0 Å². The first kappa shape index (κ1) is 10.2. The number of hydrogen-bond donors (Lipinski definition) is 3. The summed E-state index contributed by atoms with van der Waals surface area (Å²) in [5.74, 6) is -1.59. The van der Waals surface area contributed by atoms with E-state index < -0.39 is 17.9 Å². The van der Waals surface area contributed by atoms with Gasteiger partial charge in [0.2, 0.25) is 5.91 Å².